The minimum atomic E-state index is -0.176. The fourth-order valence-corrected chi connectivity index (χ4v) is 2.32. The molecule has 0 amide bonds. The van der Waals surface area contributed by atoms with E-state index >= 15 is 0 Å². The van der Waals surface area contributed by atoms with Crippen LogP contribution in [0.1, 0.15) is 24.1 Å². The van der Waals surface area contributed by atoms with Gasteiger partial charge in [0.15, 0.2) is 0 Å². The lowest BCUT2D eigenvalue weighted by molar-refractivity contribution is 0.335. The van der Waals surface area contributed by atoms with Crippen molar-refractivity contribution < 1.29 is 4.74 Å². The van der Waals surface area contributed by atoms with E-state index in [0.29, 0.717) is 6.61 Å². The minimum absolute atomic E-state index is 0.176. The summed E-state index contributed by atoms with van der Waals surface area (Å²) >= 11 is 3.47. The molecule has 2 nitrogen and oxygen atoms in total. The molecule has 0 saturated heterocycles. The first kappa shape index (κ1) is 13.1. The molecule has 0 spiro atoms. The second-order valence-electron chi connectivity index (χ2n) is 4.00. The number of hydrogen-bond donors (Lipinski definition) is 1. The predicted molar refractivity (Wildman–Crippen MR) is 77.8 cm³/mol. The summed E-state index contributed by atoms with van der Waals surface area (Å²) in [6.07, 6.45) is 0. The Morgan fingerprint density at radius 2 is 1.94 bits per heavy atom. The monoisotopic (exact) mass is 305 g/mol. The zero-order valence-electron chi connectivity index (χ0n) is 10.3. The third kappa shape index (κ3) is 2.92. The van der Waals surface area contributed by atoms with E-state index in [1.165, 1.54) is 0 Å². The molecule has 2 aromatic carbocycles. The van der Waals surface area contributed by atoms with Crippen molar-refractivity contribution in [2.45, 2.75) is 13.0 Å². The van der Waals surface area contributed by atoms with E-state index in [9.17, 15) is 0 Å². The minimum Gasteiger partial charge on any atom is -0.494 e. The van der Waals surface area contributed by atoms with Crippen molar-refractivity contribution in [1.82, 2.24) is 0 Å². The second kappa shape index (κ2) is 6.03. The Bertz CT molecular complexity index is 527. The molecule has 0 radical (unpaired) electrons. The smallest absolute Gasteiger partial charge is 0.124 e. The summed E-state index contributed by atoms with van der Waals surface area (Å²) in [5.74, 6) is 0.854. The predicted octanol–water partition coefficient (Wildman–Crippen LogP) is 3.90. The molecule has 94 valence electrons. The zero-order valence-corrected chi connectivity index (χ0v) is 11.9. The molecule has 1 atom stereocenters. The molecule has 0 aliphatic rings. The van der Waals surface area contributed by atoms with Gasteiger partial charge >= 0.3 is 0 Å². The molecule has 0 aliphatic carbocycles. The number of para-hydroxylation sites is 1. The number of ether oxygens (including phenoxy) is 1. The van der Waals surface area contributed by atoms with Gasteiger partial charge in [0.1, 0.15) is 5.75 Å². The van der Waals surface area contributed by atoms with E-state index in [0.717, 1.165) is 21.3 Å². The second-order valence-corrected chi connectivity index (χ2v) is 4.92. The molecule has 0 heterocycles. The van der Waals surface area contributed by atoms with Crippen LogP contribution in [0.15, 0.2) is 53.0 Å². The lowest BCUT2D eigenvalue weighted by atomic mass is 9.99. The summed E-state index contributed by atoms with van der Waals surface area (Å²) in [5.41, 5.74) is 8.39. The van der Waals surface area contributed by atoms with Crippen molar-refractivity contribution >= 4 is 15.9 Å². The van der Waals surface area contributed by atoms with Gasteiger partial charge in [-0.3, -0.25) is 0 Å². The fraction of sp³-hybridized carbons (Fsp3) is 0.200. The van der Waals surface area contributed by atoms with E-state index in [2.05, 4.69) is 15.9 Å². The molecular formula is C15H16BrNO. The van der Waals surface area contributed by atoms with Crippen LogP contribution in [0, 0.1) is 0 Å². The van der Waals surface area contributed by atoms with Gasteiger partial charge in [-0.2, -0.15) is 0 Å². The fourth-order valence-electron chi connectivity index (χ4n) is 1.90. The molecule has 18 heavy (non-hydrogen) atoms. The number of halogens is 1. The van der Waals surface area contributed by atoms with E-state index in [-0.39, 0.29) is 6.04 Å². The van der Waals surface area contributed by atoms with Gasteiger partial charge < -0.3 is 10.5 Å². The van der Waals surface area contributed by atoms with E-state index in [4.69, 9.17) is 10.5 Å². The molecule has 0 bridgehead atoms. The van der Waals surface area contributed by atoms with Crippen molar-refractivity contribution in [3.05, 3.63) is 64.1 Å². The van der Waals surface area contributed by atoms with Gasteiger partial charge in [0, 0.05) is 10.0 Å². The number of nitrogens with two attached hydrogens (primary N) is 1. The quantitative estimate of drug-likeness (QED) is 0.930. The highest BCUT2D eigenvalue weighted by Crippen LogP contribution is 2.29. The topological polar surface area (TPSA) is 35.2 Å². The van der Waals surface area contributed by atoms with Crippen LogP contribution in [0.2, 0.25) is 0 Å². The zero-order chi connectivity index (χ0) is 13.0. The highest BCUT2D eigenvalue weighted by Gasteiger charge is 2.13. The van der Waals surface area contributed by atoms with Crippen molar-refractivity contribution in [3.63, 3.8) is 0 Å². The van der Waals surface area contributed by atoms with Gasteiger partial charge in [-0.1, -0.05) is 46.3 Å². The average Bonchev–Trinajstić information content (AvgIpc) is 2.39. The van der Waals surface area contributed by atoms with Crippen molar-refractivity contribution in [2.75, 3.05) is 6.61 Å². The summed E-state index contributed by atoms with van der Waals surface area (Å²) in [4.78, 5) is 0. The Labute approximate surface area is 116 Å². The normalized spacial score (nSPS) is 12.2. The summed E-state index contributed by atoms with van der Waals surface area (Å²) in [5, 5.41) is 0. The van der Waals surface area contributed by atoms with Crippen molar-refractivity contribution in [2.24, 2.45) is 5.73 Å². The van der Waals surface area contributed by atoms with Crippen LogP contribution >= 0.6 is 15.9 Å². The van der Waals surface area contributed by atoms with Crippen LogP contribution in [-0.4, -0.2) is 6.61 Å². The maximum atomic E-state index is 6.32. The third-order valence-electron chi connectivity index (χ3n) is 2.76. The van der Waals surface area contributed by atoms with Gasteiger partial charge in [-0.05, 0) is 30.7 Å². The maximum absolute atomic E-state index is 6.32. The largest absolute Gasteiger partial charge is 0.494 e. The van der Waals surface area contributed by atoms with Crippen molar-refractivity contribution in [3.8, 4) is 5.75 Å². The first-order chi connectivity index (χ1) is 8.72. The summed E-state index contributed by atoms with van der Waals surface area (Å²) in [6, 6.07) is 15.8. The molecular weight excluding hydrogens is 290 g/mol. The lowest BCUT2D eigenvalue weighted by Gasteiger charge is -2.17. The molecule has 0 saturated carbocycles. The maximum Gasteiger partial charge on any atom is 0.124 e. The Morgan fingerprint density at radius 1 is 1.17 bits per heavy atom. The Kier molecular flexibility index (Phi) is 4.39. The number of hydrogen-bond acceptors (Lipinski definition) is 2. The molecule has 2 aromatic rings. The Morgan fingerprint density at radius 3 is 2.67 bits per heavy atom. The van der Waals surface area contributed by atoms with Gasteiger partial charge in [0.05, 0.1) is 12.6 Å². The van der Waals surface area contributed by atoms with Crippen LogP contribution in [0.5, 0.6) is 5.75 Å². The highest BCUT2D eigenvalue weighted by molar-refractivity contribution is 9.10. The van der Waals surface area contributed by atoms with Crippen molar-refractivity contribution in [1.29, 1.82) is 0 Å². The van der Waals surface area contributed by atoms with E-state index in [1.807, 2.05) is 55.5 Å². The van der Waals surface area contributed by atoms with Crippen LogP contribution in [-0.2, 0) is 0 Å². The van der Waals surface area contributed by atoms with Gasteiger partial charge in [-0.25, -0.2) is 0 Å². The summed E-state index contributed by atoms with van der Waals surface area (Å²) in [7, 11) is 0. The molecule has 1 unspecified atom stereocenters. The van der Waals surface area contributed by atoms with Crippen LogP contribution < -0.4 is 10.5 Å². The van der Waals surface area contributed by atoms with E-state index < -0.39 is 0 Å². The molecule has 0 fully saturated rings. The van der Waals surface area contributed by atoms with Gasteiger partial charge in [0.2, 0.25) is 0 Å². The molecule has 0 aliphatic heterocycles. The van der Waals surface area contributed by atoms with Crippen LogP contribution in [0.4, 0.5) is 0 Å². The summed E-state index contributed by atoms with van der Waals surface area (Å²) in [6.45, 7) is 2.61. The average molecular weight is 306 g/mol. The van der Waals surface area contributed by atoms with Crippen LogP contribution in [0.25, 0.3) is 0 Å². The van der Waals surface area contributed by atoms with Gasteiger partial charge in [0.25, 0.3) is 0 Å². The first-order valence-electron chi connectivity index (χ1n) is 5.95. The summed E-state index contributed by atoms with van der Waals surface area (Å²) < 4.78 is 6.65. The Balaban J connectivity index is 2.36. The van der Waals surface area contributed by atoms with E-state index in [1.54, 1.807) is 0 Å². The highest BCUT2D eigenvalue weighted by atomic mass is 79.9. The lowest BCUT2D eigenvalue weighted by Crippen LogP contribution is -2.13. The molecule has 2 N–H and O–H groups in total. The Hall–Kier alpha value is -1.32. The molecule has 3 heteroatoms. The standard InChI is InChI=1S/C15H16BrNO/c1-2-18-14-9-4-3-8-13(14)15(17)11-6-5-7-12(16)10-11/h3-10,15H,2,17H2,1H3. The number of rotatable bonds is 4. The third-order valence-corrected chi connectivity index (χ3v) is 3.25. The van der Waals surface area contributed by atoms with Gasteiger partial charge in [-0.15, -0.1) is 0 Å². The van der Waals surface area contributed by atoms with Crippen LogP contribution in [0.3, 0.4) is 0 Å². The first-order valence-corrected chi connectivity index (χ1v) is 6.74. The SMILES string of the molecule is CCOc1ccccc1C(N)c1cccc(Br)c1. The molecule has 0 aromatic heterocycles. The number of benzene rings is 2. The molecule has 2 rings (SSSR count).